The zero-order chi connectivity index (χ0) is 13.8. The van der Waals surface area contributed by atoms with Crippen molar-refractivity contribution in [3.63, 3.8) is 0 Å². The average Bonchev–Trinajstić information content (AvgIpc) is 2.69. The number of benzene rings is 1. The highest BCUT2D eigenvalue weighted by atomic mass is 16.5. The molecule has 1 aromatic carbocycles. The number of aryl methyl sites for hydroxylation is 2. The summed E-state index contributed by atoms with van der Waals surface area (Å²) in [6, 6.07) is 9.57. The molecule has 102 valence electrons. The van der Waals surface area contributed by atoms with Gasteiger partial charge in [-0.15, -0.1) is 0 Å². The molecule has 0 aliphatic heterocycles. The first-order valence-electron chi connectivity index (χ1n) is 6.50. The number of aliphatic hydroxyl groups is 1. The molecule has 0 amide bonds. The van der Waals surface area contributed by atoms with Crippen molar-refractivity contribution in [2.45, 2.75) is 26.4 Å². The molecule has 1 aromatic heterocycles. The van der Waals surface area contributed by atoms with Gasteiger partial charge in [0, 0.05) is 19.2 Å². The normalized spacial score (nSPS) is 12.4. The summed E-state index contributed by atoms with van der Waals surface area (Å²) in [5, 5.41) is 14.5. The molecule has 4 nitrogen and oxygen atoms in total. The number of hydrogen-bond donors (Lipinski definition) is 1. The van der Waals surface area contributed by atoms with Crippen LogP contribution in [0.2, 0.25) is 0 Å². The number of aliphatic hydroxyl groups excluding tert-OH is 1. The largest absolute Gasteiger partial charge is 0.494 e. The standard InChI is InChI=1S/C15H20N2O2/c1-4-19-14-7-5-12(6-8-14)15(18)10-13-9-11(2)16-17(13)3/h5-9,15,18H,4,10H2,1-3H3. The summed E-state index contributed by atoms with van der Waals surface area (Å²) in [6.07, 6.45) is 0.0381. The lowest BCUT2D eigenvalue weighted by atomic mass is 10.0. The highest BCUT2D eigenvalue weighted by Crippen LogP contribution is 2.21. The lowest BCUT2D eigenvalue weighted by Gasteiger charge is -2.12. The number of hydrogen-bond acceptors (Lipinski definition) is 3. The van der Waals surface area contributed by atoms with Gasteiger partial charge in [0.25, 0.3) is 0 Å². The molecule has 1 N–H and O–H groups in total. The maximum absolute atomic E-state index is 10.2. The second-order valence-electron chi connectivity index (χ2n) is 4.62. The van der Waals surface area contributed by atoms with Crippen molar-refractivity contribution in [3.8, 4) is 5.75 Å². The van der Waals surface area contributed by atoms with Crippen molar-refractivity contribution in [2.75, 3.05) is 6.61 Å². The summed E-state index contributed by atoms with van der Waals surface area (Å²) in [4.78, 5) is 0. The summed E-state index contributed by atoms with van der Waals surface area (Å²) < 4.78 is 7.20. The van der Waals surface area contributed by atoms with Crippen LogP contribution in [0.3, 0.4) is 0 Å². The van der Waals surface area contributed by atoms with Crippen LogP contribution in [0.4, 0.5) is 0 Å². The van der Waals surface area contributed by atoms with Crippen molar-refractivity contribution < 1.29 is 9.84 Å². The average molecular weight is 260 g/mol. The molecular weight excluding hydrogens is 240 g/mol. The van der Waals surface area contributed by atoms with Gasteiger partial charge in [0.05, 0.1) is 18.4 Å². The fourth-order valence-electron chi connectivity index (χ4n) is 2.12. The molecule has 19 heavy (non-hydrogen) atoms. The monoisotopic (exact) mass is 260 g/mol. The molecule has 0 aliphatic rings. The molecule has 0 radical (unpaired) electrons. The lowest BCUT2D eigenvalue weighted by Crippen LogP contribution is -2.06. The van der Waals surface area contributed by atoms with E-state index in [-0.39, 0.29) is 0 Å². The van der Waals surface area contributed by atoms with Crippen LogP contribution in [0.5, 0.6) is 5.75 Å². The van der Waals surface area contributed by atoms with Crippen LogP contribution in [0.1, 0.15) is 30.0 Å². The Labute approximate surface area is 113 Å². The molecule has 0 saturated carbocycles. The van der Waals surface area contributed by atoms with Crippen LogP contribution in [-0.2, 0) is 13.5 Å². The van der Waals surface area contributed by atoms with E-state index in [4.69, 9.17) is 4.74 Å². The number of ether oxygens (including phenoxy) is 1. The highest BCUT2D eigenvalue weighted by Gasteiger charge is 2.12. The summed E-state index contributed by atoms with van der Waals surface area (Å²) in [5.41, 5.74) is 2.89. The first-order valence-corrected chi connectivity index (χ1v) is 6.50. The predicted molar refractivity (Wildman–Crippen MR) is 74.2 cm³/mol. The van der Waals surface area contributed by atoms with Gasteiger partial charge in [-0.05, 0) is 37.6 Å². The third-order valence-electron chi connectivity index (χ3n) is 3.08. The van der Waals surface area contributed by atoms with Crippen LogP contribution in [0.15, 0.2) is 30.3 Å². The Kier molecular flexibility index (Phi) is 4.22. The molecule has 2 rings (SSSR count). The van der Waals surface area contributed by atoms with Gasteiger partial charge in [0.15, 0.2) is 0 Å². The summed E-state index contributed by atoms with van der Waals surface area (Å²) >= 11 is 0. The van der Waals surface area contributed by atoms with Crippen molar-refractivity contribution in [2.24, 2.45) is 7.05 Å². The maximum Gasteiger partial charge on any atom is 0.119 e. The van der Waals surface area contributed by atoms with E-state index in [2.05, 4.69) is 5.10 Å². The van der Waals surface area contributed by atoms with Crippen molar-refractivity contribution >= 4 is 0 Å². The van der Waals surface area contributed by atoms with Gasteiger partial charge >= 0.3 is 0 Å². The fraction of sp³-hybridized carbons (Fsp3) is 0.400. The molecular formula is C15H20N2O2. The van der Waals surface area contributed by atoms with Crippen molar-refractivity contribution in [1.82, 2.24) is 9.78 Å². The molecule has 4 heteroatoms. The number of rotatable bonds is 5. The Morgan fingerprint density at radius 1 is 1.32 bits per heavy atom. The molecule has 0 aliphatic carbocycles. The van der Waals surface area contributed by atoms with Crippen molar-refractivity contribution in [1.29, 1.82) is 0 Å². The number of nitrogens with zero attached hydrogens (tertiary/aromatic N) is 2. The van der Waals surface area contributed by atoms with E-state index in [0.29, 0.717) is 13.0 Å². The van der Waals surface area contributed by atoms with Crippen LogP contribution in [-0.4, -0.2) is 21.5 Å². The first kappa shape index (κ1) is 13.6. The third-order valence-corrected chi connectivity index (χ3v) is 3.08. The second kappa shape index (κ2) is 5.89. The van der Waals surface area contributed by atoms with E-state index in [9.17, 15) is 5.11 Å². The zero-order valence-corrected chi connectivity index (χ0v) is 11.6. The zero-order valence-electron chi connectivity index (χ0n) is 11.6. The third kappa shape index (κ3) is 3.35. The second-order valence-corrected chi connectivity index (χ2v) is 4.62. The SMILES string of the molecule is CCOc1ccc(C(O)Cc2cc(C)nn2C)cc1. The Hall–Kier alpha value is -1.81. The minimum absolute atomic E-state index is 0.523. The molecule has 0 bridgehead atoms. The molecule has 2 aromatic rings. The van der Waals surface area contributed by atoms with Gasteiger partial charge in [-0.2, -0.15) is 5.10 Å². The van der Waals surface area contributed by atoms with Gasteiger partial charge in [-0.25, -0.2) is 0 Å². The van der Waals surface area contributed by atoms with E-state index < -0.39 is 6.10 Å². The van der Waals surface area contributed by atoms with Crippen LogP contribution < -0.4 is 4.74 Å². The van der Waals surface area contributed by atoms with Crippen LogP contribution in [0.25, 0.3) is 0 Å². The van der Waals surface area contributed by atoms with Gasteiger partial charge in [-0.3, -0.25) is 4.68 Å². The summed E-state index contributed by atoms with van der Waals surface area (Å²) in [7, 11) is 1.90. The van der Waals surface area contributed by atoms with Crippen LogP contribution >= 0.6 is 0 Å². The summed E-state index contributed by atoms with van der Waals surface area (Å²) in [6.45, 7) is 4.55. The van der Waals surface area contributed by atoms with E-state index in [1.807, 2.05) is 55.9 Å². The molecule has 1 heterocycles. The summed E-state index contributed by atoms with van der Waals surface area (Å²) in [5.74, 6) is 0.829. The lowest BCUT2D eigenvalue weighted by molar-refractivity contribution is 0.175. The Morgan fingerprint density at radius 3 is 2.53 bits per heavy atom. The van der Waals surface area contributed by atoms with Crippen molar-refractivity contribution in [3.05, 3.63) is 47.3 Å². The minimum atomic E-state index is -0.523. The molecule has 0 spiro atoms. The van der Waals surface area contributed by atoms with E-state index in [0.717, 1.165) is 22.7 Å². The predicted octanol–water partition coefficient (Wildman–Crippen LogP) is 2.40. The Morgan fingerprint density at radius 2 is 2.00 bits per heavy atom. The smallest absolute Gasteiger partial charge is 0.119 e. The van der Waals surface area contributed by atoms with Gasteiger partial charge in [0.1, 0.15) is 5.75 Å². The Bertz CT molecular complexity index is 532. The number of aromatic nitrogens is 2. The quantitative estimate of drug-likeness (QED) is 0.898. The Balaban J connectivity index is 2.07. The molecule has 0 fully saturated rings. The first-order chi connectivity index (χ1) is 9.10. The minimum Gasteiger partial charge on any atom is -0.494 e. The van der Waals surface area contributed by atoms with Gasteiger partial charge in [-0.1, -0.05) is 12.1 Å². The van der Waals surface area contributed by atoms with Gasteiger partial charge in [0.2, 0.25) is 0 Å². The van der Waals surface area contributed by atoms with E-state index in [1.165, 1.54) is 0 Å². The maximum atomic E-state index is 10.2. The fourth-order valence-corrected chi connectivity index (χ4v) is 2.12. The van der Waals surface area contributed by atoms with Crippen LogP contribution in [0, 0.1) is 6.92 Å². The molecule has 1 atom stereocenters. The molecule has 0 saturated heterocycles. The molecule has 1 unspecified atom stereocenters. The van der Waals surface area contributed by atoms with E-state index >= 15 is 0 Å². The topological polar surface area (TPSA) is 47.3 Å². The van der Waals surface area contributed by atoms with Gasteiger partial charge < -0.3 is 9.84 Å². The highest BCUT2D eigenvalue weighted by molar-refractivity contribution is 5.29. The van der Waals surface area contributed by atoms with E-state index in [1.54, 1.807) is 0 Å².